The lowest BCUT2D eigenvalue weighted by molar-refractivity contribution is -0.140. The van der Waals surface area contributed by atoms with Crippen LogP contribution >= 0.6 is 0 Å². The summed E-state index contributed by atoms with van der Waals surface area (Å²) in [7, 11) is 0. The SMILES string of the molecule is CCc1ccc(CNC(=O)CN2CCc3ccccc3[C@H]2C(=O)N2CCC(C)CC2)cc1. The highest BCUT2D eigenvalue weighted by Gasteiger charge is 2.37. The second-order valence-electron chi connectivity index (χ2n) is 9.28. The standard InChI is InChI=1S/C27H35N3O2/c1-3-21-8-10-22(11-9-21)18-28-25(31)19-30-17-14-23-6-4-5-7-24(23)26(30)27(32)29-15-12-20(2)13-16-29/h4-11,20,26H,3,12-19H2,1-2H3,(H,28,31)/t26-/m0/s1. The van der Waals surface area contributed by atoms with Crippen molar-refractivity contribution in [1.29, 1.82) is 0 Å². The van der Waals surface area contributed by atoms with E-state index in [9.17, 15) is 9.59 Å². The molecule has 0 unspecified atom stereocenters. The van der Waals surface area contributed by atoms with Crippen LogP contribution in [0.5, 0.6) is 0 Å². The topological polar surface area (TPSA) is 52.7 Å². The summed E-state index contributed by atoms with van der Waals surface area (Å²) in [6, 6.07) is 16.2. The van der Waals surface area contributed by atoms with Crippen molar-refractivity contribution in [2.24, 2.45) is 5.92 Å². The Kier molecular flexibility index (Phi) is 7.26. The number of amides is 2. The molecule has 1 N–H and O–H groups in total. The summed E-state index contributed by atoms with van der Waals surface area (Å²) >= 11 is 0. The largest absolute Gasteiger partial charge is 0.351 e. The monoisotopic (exact) mass is 433 g/mol. The normalized spacial score (nSPS) is 19.4. The van der Waals surface area contributed by atoms with E-state index in [1.54, 1.807) is 0 Å². The fraction of sp³-hybridized carbons (Fsp3) is 0.481. The maximum atomic E-state index is 13.6. The zero-order valence-corrected chi connectivity index (χ0v) is 19.3. The van der Waals surface area contributed by atoms with Crippen LogP contribution in [0.3, 0.4) is 0 Å². The lowest BCUT2D eigenvalue weighted by Crippen LogP contribution is -2.50. The molecule has 5 heteroatoms. The molecule has 0 saturated carbocycles. The van der Waals surface area contributed by atoms with E-state index in [4.69, 9.17) is 0 Å². The molecule has 32 heavy (non-hydrogen) atoms. The molecule has 1 saturated heterocycles. The summed E-state index contributed by atoms with van der Waals surface area (Å²) in [6.45, 7) is 7.48. The van der Waals surface area contributed by atoms with Crippen molar-refractivity contribution in [2.75, 3.05) is 26.2 Å². The van der Waals surface area contributed by atoms with Crippen molar-refractivity contribution in [3.05, 3.63) is 70.8 Å². The summed E-state index contributed by atoms with van der Waals surface area (Å²) in [5.74, 6) is 0.784. The Labute approximate surface area is 191 Å². The fourth-order valence-electron chi connectivity index (χ4n) is 4.81. The van der Waals surface area contributed by atoms with Gasteiger partial charge in [-0.2, -0.15) is 0 Å². The van der Waals surface area contributed by atoms with Crippen molar-refractivity contribution >= 4 is 11.8 Å². The molecule has 170 valence electrons. The van der Waals surface area contributed by atoms with Gasteiger partial charge in [-0.15, -0.1) is 0 Å². The average molecular weight is 434 g/mol. The average Bonchev–Trinajstić information content (AvgIpc) is 2.83. The number of fused-ring (bicyclic) bond motifs is 1. The van der Waals surface area contributed by atoms with Gasteiger partial charge in [0, 0.05) is 26.2 Å². The molecule has 2 aliphatic heterocycles. The first-order chi connectivity index (χ1) is 15.5. The van der Waals surface area contributed by atoms with Crippen molar-refractivity contribution in [3.63, 3.8) is 0 Å². The number of piperidine rings is 1. The predicted octanol–water partition coefficient (Wildman–Crippen LogP) is 3.72. The smallest absolute Gasteiger partial charge is 0.244 e. The van der Waals surface area contributed by atoms with E-state index < -0.39 is 0 Å². The van der Waals surface area contributed by atoms with Crippen LogP contribution in [-0.4, -0.2) is 47.8 Å². The van der Waals surface area contributed by atoms with Crippen molar-refractivity contribution in [2.45, 2.75) is 52.1 Å². The Hall–Kier alpha value is -2.66. The summed E-state index contributed by atoms with van der Waals surface area (Å²) in [6.07, 6.45) is 3.98. The molecule has 2 aliphatic rings. The highest BCUT2D eigenvalue weighted by atomic mass is 16.2. The van der Waals surface area contributed by atoms with Crippen LogP contribution in [0.1, 0.15) is 55.0 Å². The van der Waals surface area contributed by atoms with Gasteiger partial charge in [0.25, 0.3) is 0 Å². The van der Waals surface area contributed by atoms with Gasteiger partial charge in [-0.05, 0) is 53.9 Å². The Morgan fingerprint density at radius 3 is 2.38 bits per heavy atom. The van der Waals surface area contributed by atoms with Gasteiger partial charge in [-0.1, -0.05) is 62.4 Å². The molecule has 2 heterocycles. The predicted molar refractivity (Wildman–Crippen MR) is 127 cm³/mol. The molecule has 1 atom stereocenters. The number of aryl methyl sites for hydroxylation is 1. The van der Waals surface area contributed by atoms with Crippen molar-refractivity contribution in [1.82, 2.24) is 15.1 Å². The van der Waals surface area contributed by atoms with E-state index in [0.717, 1.165) is 56.4 Å². The third-order valence-electron chi connectivity index (χ3n) is 6.98. The number of carbonyl (C=O) groups is 2. The highest BCUT2D eigenvalue weighted by Crippen LogP contribution is 2.32. The minimum atomic E-state index is -0.372. The first-order valence-electron chi connectivity index (χ1n) is 12.0. The van der Waals surface area contributed by atoms with E-state index in [0.29, 0.717) is 12.5 Å². The van der Waals surface area contributed by atoms with Gasteiger partial charge in [-0.3, -0.25) is 14.5 Å². The van der Waals surface area contributed by atoms with Crippen molar-refractivity contribution in [3.8, 4) is 0 Å². The summed E-state index contributed by atoms with van der Waals surface area (Å²) in [5, 5.41) is 3.05. The van der Waals surface area contributed by atoms with E-state index in [1.807, 2.05) is 17.0 Å². The summed E-state index contributed by atoms with van der Waals surface area (Å²) < 4.78 is 0. The molecular formula is C27H35N3O2. The zero-order chi connectivity index (χ0) is 22.5. The van der Waals surface area contributed by atoms with Crippen LogP contribution in [0.2, 0.25) is 0 Å². The zero-order valence-electron chi connectivity index (χ0n) is 19.3. The third-order valence-corrected chi connectivity index (χ3v) is 6.98. The number of hydrogen-bond donors (Lipinski definition) is 1. The first kappa shape index (κ1) is 22.5. The number of likely N-dealkylation sites (tertiary alicyclic amines) is 1. The molecule has 2 amide bonds. The number of nitrogens with zero attached hydrogens (tertiary/aromatic N) is 2. The maximum absolute atomic E-state index is 13.6. The van der Waals surface area contributed by atoms with Gasteiger partial charge >= 0.3 is 0 Å². The number of benzene rings is 2. The number of rotatable bonds is 6. The van der Waals surface area contributed by atoms with Crippen LogP contribution in [0.15, 0.2) is 48.5 Å². The molecule has 1 fully saturated rings. The molecular weight excluding hydrogens is 398 g/mol. The summed E-state index contributed by atoms with van der Waals surface area (Å²) in [4.78, 5) is 30.5. The molecule has 4 rings (SSSR count). The lowest BCUT2D eigenvalue weighted by atomic mass is 9.90. The molecule has 2 aromatic carbocycles. The molecule has 0 aromatic heterocycles. The Balaban J connectivity index is 1.44. The molecule has 0 bridgehead atoms. The van der Waals surface area contributed by atoms with E-state index in [1.165, 1.54) is 11.1 Å². The second kappa shape index (κ2) is 10.3. The van der Waals surface area contributed by atoms with Gasteiger partial charge in [-0.25, -0.2) is 0 Å². The van der Waals surface area contributed by atoms with Gasteiger partial charge < -0.3 is 10.2 Å². The molecule has 0 spiro atoms. The van der Waals surface area contributed by atoms with Crippen LogP contribution < -0.4 is 5.32 Å². The Morgan fingerprint density at radius 2 is 1.66 bits per heavy atom. The molecule has 0 aliphatic carbocycles. The second-order valence-corrected chi connectivity index (χ2v) is 9.28. The number of carbonyl (C=O) groups excluding carboxylic acids is 2. The van der Waals surface area contributed by atoms with Gasteiger partial charge in [0.1, 0.15) is 6.04 Å². The third kappa shape index (κ3) is 5.21. The van der Waals surface area contributed by atoms with Crippen LogP contribution in [0.25, 0.3) is 0 Å². The molecule has 0 radical (unpaired) electrons. The maximum Gasteiger partial charge on any atom is 0.244 e. The van der Waals surface area contributed by atoms with E-state index >= 15 is 0 Å². The van der Waals surface area contributed by atoms with E-state index in [-0.39, 0.29) is 24.4 Å². The van der Waals surface area contributed by atoms with E-state index in [2.05, 4.69) is 60.5 Å². The van der Waals surface area contributed by atoms with Gasteiger partial charge in [0.2, 0.25) is 11.8 Å². The van der Waals surface area contributed by atoms with Crippen LogP contribution in [0.4, 0.5) is 0 Å². The van der Waals surface area contributed by atoms with Gasteiger partial charge in [0.05, 0.1) is 6.54 Å². The highest BCUT2D eigenvalue weighted by molar-refractivity contribution is 5.85. The molecule has 5 nitrogen and oxygen atoms in total. The lowest BCUT2D eigenvalue weighted by Gasteiger charge is -2.40. The quantitative estimate of drug-likeness (QED) is 0.755. The van der Waals surface area contributed by atoms with Crippen molar-refractivity contribution < 1.29 is 9.59 Å². The Morgan fingerprint density at radius 1 is 0.969 bits per heavy atom. The van der Waals surface area contributed by atoms with Gasteiger partial charge in [0.15, 0.2) is 0 Å². The minimum Gasteiger partial charge on any atom is -0.351 e. The molecule has 2 aromatic rings. The Bertz CT molecular complexity index is 932. The minimum absolute atomic E-state index is 0.0333. The fourth-order valence-corrected chi connectivity index (χ4v) is 4.81. The number of nitrogens with one attached hydrogen (secondary N) is 1. The summed E-state index contributed by atoms with van der Waals surface area (Å²) in [5.41, 5.74) is 4.67. The first-order valence-corrected chi connectivity index (χ1v) is 12.0. The van der Waals surface area contributed by atoms with Crippen LogP contribution in [0, 0.1) is 5.92 Å². The van der Waals surface area contributed by atoms with Crippen LogP contribution in [-0.2, 0) is 29.0 Å². The number of hydrogen-bond acceptors (Lipinski definition) is 3.